The summed E-state index contributed by atoms with van der Waals surface area (Å²) >= 11 is 0. The third-order valence-electron chi connectivity index (χ3n) is 1.31. The third kappa shape index (κ3) is 5.35. The van der Waals surface area contributed by atoms with Gasteiger partial charge in [0.15, 0.2) is 5.78 Å². The van der Waals surface area contributed by atoms with Gasteiger partial charge in [0.25, 0.3) is 0 Å². The van der Waals surface area contributed by atoms with Crippen molar-refractivity contribution < 1.29 is 9.59 Å². The smallest absolute Gasteiger partial charge is 0.155 e. The minimum atomic E-state index is 0.0546. The van der Waals surface area contributed by atoms with E-state index < -0.39 is 0 Å². The highest BCUT2D eigenvalue weighted by Gasteiger charge is 1.90. The van der Waals surface area contributed by atoms with Crippen molar-refractivity contribution in [2.75, 3.05) is 0 Å². The maximum Gasteiger partial charge on any atom is 0.155 e. The van der Waals surface area contributed by atoms with E-state index >= 15 is 0 Å². The van der Waals surface area contributed by atoms with Crippen LogP contribution in [0.15, 0.2) is 36.0 Å². The highest BCUT2D eigenvalue weighted by molar-refractivity contribution is 5.92. The molecule has 0 saturated carbocycles. The van der Waals surface area contributed by atoms with Crippen molar-refractivity contribution in [2.45, 2.75) is 13.8 Å². The first kappa shape index (κ1) is 10.6. The molecule has 0 rings (SSSR count). The number of allylic oxidation sites excluding steroid dienone is 6. The molecule has 12 heavy (non-hydrogen) atoms. The Kier molecular flexibility index (Phi) is 5.53. The SMILES string of the molecule is CC(=O)C(C)=CC=CC=CC=O. The summed E-state index contributed by atoms with van der Waals surface area (Å²) in [6.07, 6.45) is 8.81. The highest BCUT2D eigenvalue weighted by atomic mass is 16.1. The molecule has 0 spiro atoms. The van der Waals surface area contributed by atoms with Crippen LogP contribution in [0.25, 0.3) is 0 Å². The average molecular weight is 164 g/mol. The zero-order valence-electron chi connectivity index (χ0n) is 7.28. The Morgan fingerprint density at radius 1 is 1.00 bits per heavy atom. The Bertz CT molecular complexity index is 245. The molecule has 0 radical (unpaired) electrons. The van der Waals surface area contributed by atoms with Gasteiger partial charge in [-0.15, -0.1) is 0 Å². The van der Waals surface area contributed by atoms with Crippen LogP contribution >= 0.6 is 0 Å². The van der Waals surface area contributed by atoms with E-state index in [1.807, 2.05) is 0 Å². The fraction of sp³-hybridized carbons (Fsp3) is 0.200. The molecule has 0 amide bonds. The molecule has 0 fully saturated rings. The van der Waals surface area contributed by atoms with Crippen LogP contribution in [0.4, 0.5) is 0 Å². The van der Waals surface area contributed by atoms with E-state index in [0.717, 1.165) is 0 Å². The van der Waals surface area contributed by atoms with Crippen molar-refractivity contribution in [3.63, 3.8) is 0 Å². The number of carbonyl (C=O) groups is 2. The second kappa shape index (κ2) is 6.28. The molecule has 0 aliphatic rings. The van der Waals surface area contributed by atoms with Gasteiger partial charge in [0.1, 0.15) is 6.29 Å². The molecule has 0 heterocycles. The van der Waals surface area contributed by atoms with Gasteiger partial charge in [0, 0.05) is 0 Å². The lowest BCUT2D eigenvalue weighted by Crippen LogP contribution is -1.89. The number of Topliss-reactive ketones (excluding diaryl/α,β-unsaturated/α-hetero) is 1. The topological polar surface area (TPSA) is 34.1 Å². The number of carbonyl (C=O) groups excluding carboxylic acids is 2. The van der Waals surface area contributed by atoms with Gasteiger partial charge in [-0.2, -0.15) is 0 Å². The van der Waals surface area contributed by atoms with Crippen LogP contribution < -0.4 is 0 Å². The van der Waals surface area contributed by atoms with Gasteiger partial charge in [-0.25, -0.2) is 0 Å². The lowest BCUT2D eigenvalue weighted by atomic mass is 10.2. The highest BCUT2D eigenvalue weighted by Crippen LogP contribution is 1.93. The second-order valence-corrected chi connectivity index (χ2v) is 2.31. The van der Waals surface area contributed by atoms with Gasteiger partial charge < -0.3 is 0 Å². The molecule has 0 aliphatic carbocycles. The monoisotopic (exact) mass is 164 g/mol. The maximum atomic E-state index is 10.7. The first-order valence-corrected chi connectivity index (χ1v) is 3.65. The molecule has 0 aromatic heterocycles. The second-order valence-electron chi connectivity index (χ2n) is 2.31. The molecular weight excluding hydrogens is 152 g/mol. The van der Waals surface area contributed by atoms with Crippen molar-refractivity contribution in [2.24, 2.45) is 0 Å². The Morgan fingerprint density at radius 2 is 1.58 bits per heavy atom. The molecule has 0 atom stereocenters. The fourth-order valence-electron chi connectivity index (χ4n) is 0.491. The predicted octanol–water partition coefficient (Wildman–Crippen LogP) is 1.83. The quantitative estimate of drug-likeness (QED) is 0.361. The van der Waals surface area contributed by atoms with Crippen LogP contribution in [-0.4, -0.2) is 12.1 Å². The third-order valence-corrected chi connectivity index (χ3v) is 1.31. The largest absolute Gasteiger partial charge is 0.299 e. The summed E-state index contributed by atoms with van der Waals surface area (Å²) in [6.45, 7) is 3.26. The molecule has 64 valence electrons. The van der Waals surface area contributed by atoms with E-state index in [1.54, 1.807) is 31.2 Å². The minimum Gasteiger partial charge on any atom is -0.299 e. The zero-order chi connectivity index (χ0) is 9.40. The zero-order valence-corrected chi connectivity index (χ0v) is 7.28. The van der Waals surface area contributed by atoms with Gasteiger partial charge >= 0.3 is 0 Å². The Morgan fingerprint density at radius 3 is 2.08 bits per heavy atom. The molecule has 0 N–H and O–H groups in total. The lowest BCUT2D eigenvalue weighted by Gasteiger charge is -1.87. The predicted molar refractivity (Wildman–Crippen MR) is 48.8 cm³/mol. The van der Waals surface area contributed by atoms with Crippen LogP contribution in [0.2, 0.25) is 0 Å². The molecule has 2 nitrogen and oxygen atoms in total. The summed E-state index contributed by atoms with van der Waals surface area (Å²) < 4.78 is 0. The maximum absolute atomic E-state index is 10.7. The van der Waals surface area contributed by atoms with E-state index in [4.69, 9.17) is 0 Å². The standard InChI is InChI=1S/C10H12O2/c1-9(10(2)12)7-5-3-4-6-8-11/h3-8H,1-2H3. The molecule has 0 aromatic carbocycles. The first-order valence-electron chi connectivity index (χ1n) is 3.65. The first-order chi connectivity index (χ1) is 5.68. The number of ketones is 1. The van der Waals surface area contributed by atoms with Crippen molar-refractivity contribution in [1.82, 2.24) is 0 Å². The van der Waals surface area contributed by atoms with Crippen LogP contribution in [0.3, 0.4) is 0 Å². The Labute approximate surface area is 72.3 Å². The van der Waals surface area contributed by atoms with Gasteiger partial charge in [0.05, 0.1) is 0 Å². The minimum absolute atomic E-state index is 0.0546. The van der Waals surface area contributed by atoms with Crippen LogP contribution in [0.5, 0.6) is 0 Å². The molecule has 0 saturated heterocycles. The number of hydrogen-bond acceptors (Lipinski definition) is 2. The van der Waals surface area contributed by atoms with Crippen molar-refractivity contribution in [3.05, 3.63) is 36.0 Å². The summed E-state index contributed by atoms with van der Waals surface area (Å²) in [4.78, 5) is 20.5. The van der Waals surface area contributed by atoms with Crippen molar-refractivity contribution >= 4 is 12.1 Å². The van der Waals surface area contributed by atoms with E-state index in [2.05, 4.69) is 0 Å². The van der Waals surface area contributed by atoms with Crippen molar-refractivity contribution in [1.29, 1.82) is 0 Å². The summed E-state index contributed by atoms with van der Waals surface area (Å²) in [5, 5.41) is 0. The Balaban J connectivity index is 4.03. The number of hydrogen-bond donors (Lipinski definition) is 0. The normalized spacial score (nSPS) is 12.7. The van der Waals surface area contributed by atoms with Gasteiger partial charge in [0.2, 0.25) is 0 Å². The average Bonchev–Trinajstić information content (AvgIpc) is 2.03. The molecule has 0 aliphatic heterocycles. The number of rotatable bonds is 4. The van der Waals surface area contributed by atoms with Gasteiger partial charge in [-0.3, -0.25) is 9.59 Å². The number of aldehydes is 1. The summed E-state index contributed by atoms with van der Waals surface area (Å²) in [5.41, 5.74) is 0.700. The molecule has 2 heteroatoms. The van der Waals surface area contributed by atoms with Crippen LogP contribution in [0, 0.1) is 0 Å². The van der Waals surface area contributed by atoms with Crippen LogP contribution in [0.1, 0.15) is 13.8 Å². The van der Waals surface area contributed by atoms with E-state index in [-0.39, 0.29) is 5.78 Å². The summed E-state index contributed by atoms with van der Waals surface area (Å²) in [6, 6.07) is 0. The summed E-state index contributed by atoms with van der Waals surface area (Å²) in [7, 11) is 0. The van der Waals surface area contributed by atoms with E-state index in [9.17, 15) is 9.59 Å². The van der Waals surface area contributed by atoms with E-state index in [1.165, 1.54) is 13.0 Å². The molecular formula is C10H12O2. The molecule has 0 bridgehead atoms. The summed E-state index contributed by atoms with van der Waals surface area (Å²) in [5.74, 6) is 0.0546. The lowest BCUT2D eigenvalue weighted by molar-refractivity contribution is -0.113. The molecule has 0 aromatic rings. The molecule has 0 unspecified atom stereocenters. The van der Waals surface area contributed by atoms with Gasteiger partial charge in [-0.05, 0) is 25.5 Å². The van der Waals surface area contributed by atoms with Crippen molar-refractivity contribution in [3.8, 4) is 0 Å². The van der Waals surface area contributed by atoms with Gasteiger partial charge in [-0.1, -0.05) is 24.3 Å². The fourth-order valence-corrected chi connectivity index (χ4v) is 0.491. The van der Waals surface area contributed by atoms with Crippen LogP contribution in [-0.2, 0) is 9.59 Å². The Hall–Kier alpha value is -1.44. The van der Waals surface area contributed by atoms with E-state index in [0.29, 0.717) is 11.9 Å².